The molecule has 1 rings (SSSR count). The van der Waals surface area contributed by atoms with Crippen LogP contribution in [-0.2, 0) is 11.2 Å². The quantitative estimate of drug-likeness (QED) is 0.555. The maximum Gasteiger partial charge on any atom is 0.137 e. The van der Waals surface area contributed by atoms with E-state index in [0.717, 1.165) is 5.56 Å². The fourth-order valence-corrected chi connectivity index (χ4v) is 1.01. The van der Waals surface area contributed by atoms with Crippen LogP contribution in [0, 0.1) is 4.91 Å². The first-order chi connectivity index (χ1) is 6.26. The van der Waals surface area contributed by atoms with Crippen LogP contribution in [0.25, 0.3) is 0 Å². The maximum atomic E-state index is 10.2. The predicted octanol–water partition coefficient (Wildman–Crippen LogP) is 1.15. The Morgan fingerprint density at radius 2 is 2.00 bits per heavy atom. The summed E-state index contributed by atoms with van der Waals surface area (Å²) >= 11 is 0. The molecule has 1 aromatic rings. The van der Waals surface area contributed by atoms with Crippen LogP contribution >= 0.6 is 0 Å². The summed E-state index contributed by atoms with van der Waals surface area (Å²) in [4.78, 5) is 20.3. The number of hydrogen-bond acceptors (Lipinski definition) is 4. The smallest absolute Gasteiger partial charge is 0.137 e. The molecule has 68 valence electrons. The first-order valence-electron chi connectivity index (χ1n) is 3.89. The van der Waals surface area contributed by atoms with E-state index in [1.807, 2.05) is 0 Å². The molecular weight excluding hydrogens is 168 g/mol. The van der Waals surface area contributed by atoms with E-state index in [1.54, 1.807) is 24.3 Å². The fourth-order valence-electron chi connectivity index (χ4n) is 1.01. The molecule has 0 amide bonds. The van der Waals surface area contributed by atoms with E-state index >= 15 is 0 Å². The molecule has 0 unspecified atom stereocenters. The minimum Gasteiger partial charge on any atom is -0.321 e. The molecule has 0 aliphatic heterocycles. The minimum atomic E-state index is -0.477. The van der Waals surface area contributed by atoms with Crippen LogP contribution in [0.1, 0.15) is 5.56 Å². The van der Waals surface area contributed by atoms with Crippen molar-refractivity contribution in [3.8, 4) is 0 Å². The lowest BCUT2D eigenvalue weighted by molar-refractivity contribution is -0.108. The topological polar surface area (TPSA) is 72.5 Å². The molecule has 1 atom stereocenters. The van der Waals surface area contributed by atoms with Crippen molar-refractivity contribution in [1.82, 2.24) is 0 Å². The summed E-state index contributed by atoms with van der Waals surface area (Å²) in [6.45, 7) is 0. The van der Waals surface area contributed by atoms with Gasteiger partial charge in [0.25, 0.3) is 0 Å². The van der Waals surface area contributed by atoms with Gasteiger partial charge in [-0.1, -0.05) is 12.1 Å². The summed E-state index contributed by atoms with van der Waals surface area (Å²) in [6.07, 6.45) is 1.19. The van der Waals surface area contributed by atoms with Crippen LogP contribution in [0.4, 0.5) is 5.69 Å². The monoisotopic (exact) mass is 178 g/mol. The van der Waals surface area contributed by atoms with Gasteiger partial charge in [-0.2, -0.15) is 0 Å². The fraction of sp³-hybridized carbons (Fsp3) is 0.222. The zero-order chi connectivity index (χ0) is 9.68. The van der Waals surface area contributed by atoms with Crippen molar-refractivity contribution in [2.24, 2.45) is 10.9 Å². The van der Waals surface area contributed by atoms with E-state index < -0.39 is 6.04 Å². The lowest BCUT2D eigenvalue weighted by Crippen LogP contribution is -2.23. The third kappa shape index (κ3) is 2.76. The van der Waals surface area contributed by atoms with Gasteiger partial charge >= 0.3 is 0 Å². The molecule has 0 saturated carbocycles. The first-order valence-corrected chi connectivity index (χ1v) is 3.89. The van der Waals surface area contributed by atoms with E-state index in [-0.39, 0.29) is 0 Å². The minimum absolute atomic E-state index is 0.378. The average Bonchev–Trinajstić information content (AvgIpc) is 2.19. The molecule has 4 nitrogen and oxygen atoms in total. The Balaban J connectivity index is 2.69. The highest BCUT2D eigenvalue weighted by Gasteiger charge is 2.01. The average molecular weight is 178 g/mol. The number of nitroso groups, excluding NO2 is 1. The number of rotatable bonds is 4. The van der Waals surface area contributed by atoms with Crippen LogP contribution in [-0.4, -0.2) is 12.3 Å². The number of nitrogens with zero attached hydrogens (tertiary/aromatic N) is 1. The number of nitrogens with two attached hydrogens (primary N) is 1. The summed E-state index contributed by atoms with van der Waals surface area (Å²) in [7, 11) is 0. The van der Waals surface area contributed by atoms with Crippen molar-refractivity contribution in [3.63, 3.8) is 0 Å². The standard InChI is InChI=1S/C9H10N2O2/c10-8(6-12)5-7-1-3-9(11-13)4-2-7/h1-4,6,8H,5,10H2/t8-/m0/s1. The molecule has 0 bridgehead atoms. The highest BCUT2D eigenvalue weighted by molar-refractivity contribution is 5.58. The van der Waals surface area contributed by atoms with Gasteiger partial charge in [-0.05, 0) is 29.3 Å². The normalized spacial score (nSPS) is 12.1. The Labute approximate surface area is 75.7 Å². The second-order valence-electron chi connectivity index (χ2n) is 2.76. The molecule has 0 heterocycles. The zero-order valence-electron chi connectivity index (χ0n) is 7.01. The third-order valence-electron chi connectivity index (χ3n) is 1.69. The van der Waals surface area contributed by atoms with Gasteiger partial charge in [-0.3, -0.25) is 0 Å². The number of carbonyl (C=O) groups is 1. The van der Waals surface area contributed by atoms with Crippen molar-refractivity contribution >= 4 is 12.0 Å². The third-order valence-corrected chi connectivity index (χ3v) is 1.69. The second kappa shape index (κ2) is 4.47. The van der Waals surface area contributed by atoms with Gasteiger partial charge in [0, 0.05) is 0 Å². The molecule has 0 spiro atoms. The van der Waals surface area contributed by atoms with Gasteiger partial charge in [0.05, 0.1) is 6.04 Å². The number of carbonyl (C=O) groups excluding carboxylic acids is 1. The molecule has 0 aromatic heterocycles. The van der Waals surface area contributed by atoms with Crippen molar-refractivity contribution in [2.45, 2.75) is 12.5 Å². The first kappa shape index (κ1) is 9.54. The Hall–Kier alpha value is -1.55. The van der Waals surface area contributed by atoms with Crippen molar-refractivity contribution < 1.29 is 4.79 Å². The Morgan fingerprint density at radius 1 is 1.38 bits per heavy atom. The molecule has 4 heteroatoms. The largest absolute Gasteiger partial charge is 0.321 e. The second-order valence-corrected chi connectivity index (χ2v) is 2.76. The summed E-state index contributed by atoms with van der Waals surface area (Å²) < 4.78 is 0. The molecule has 0 aliphatic rings. The van der Waals surface area contributed by atoms with Gasteiger partial charge in [-0.15, -0.1) is 4.91 Å². The zero-order valence-corrected chi connectivity index (χ0v) is 7.01. The van der Waals surface area contributed by atoms with Gasteiger partial charge in [-0.25, -0.2) is 0 Å². The van der Waals surface area contributed by atoms with E-state index in [9.17, 15) is 9.70 Å². The summed E-state index contributed by atoms with van der Waals surface area (Å²) in [5.41, 5.74) is 6.72. The molecule has 1 aromatic carbocycles. The van der Waals surface area contributed by atoms with Crippen LogP contribution in [0.2, 0.25) is 0 Å². The van der Waals surface area contributed by atoms with Crippen LogP contribution < -0.4 is 5.73 Å². The van der Waals surface area contributed by atoms with E-state index in [2.05, 4.69) is 5.18 Å². The highest BCUT2D eigenvalue weighted by Crippen LogP contribution is 2.12. The van der Waals surface area contributed by atoms with Crippen molar-refractivity contribution in [1.29, 1.82) is 0 Å². The summed E-state index contributed by atoms with van der Waals surface area (Å²) in [5, 5.41) is 2.76. The van der Waals surface area contributed by atoms with E-state index in [0.29, 0.717) is 18.4 Å². The van der Waals surface area contributed by atoms with Crippen molar-refractivity contribution in [2.75, 3.05) is 0 Å². The Kier molecular flexibility index (Phi) is 3.28. The van der Waals surface area contributed by atoms with Gasteiger partial charge in [0.15, 0.2) is 0 Å². The van der Waals surface area contributed by atoms with Crippen LogP contribution in [0.5, 0.6) is 0 Å². The van der Waals surface area contributed by atoms with Crippen LogP contribution in [0.15, 0.2) is 29.4 Å². The molecule has 0 aliphatic carbocycles. The maximum absolute atomic E-state index is 10.2. The van der Waals surface area contributed by atoms with Crippen LogP contribution in [0.3, 0.4) is 0 Å². The van der Waals surface area contributed by atoms with Gasteiger partial charge < -0.3 is 10.5 Å². The van der Waals surface area contributed by atoms with E-state index in [1.165, 1.54) is 0 Å². The summed E-state index contributed by atoms with van der Waals surface area (Å²) in [6, 6.07) is 6.19. The Bertz CT molecular complexity index is 295. The number of benzene rings is 1. The molecule has 13 heavy (non-hydrogen) atoms. The number of aldehydes is 1. The highest BCUT2D eigenvalue weighted by atomic mass is 16.3. The SMILES string of the molecule is N[C@H](C=O)Cc1ccc(N=O)cc1. The van der Waals surface area contributed by atoms with Gasteiger partial charge in [0.1, 0.15) is 12.0 Å². The summed E-state index contributed by atoms with van der Waals surface area (Å²) in [5.74, 6) is 0. The molecule has 2 N–H and O–H groups in total. The van der Waals surface area contributed by atoms with Gasteiger partial charge in [0.2, 0.25) is 0 Å². The lowest BCUT2D eigenvalue weighted by atomic mass is 10.1. The molecular formula is C9H10N2O2. The molecule has 0 fully saturated rings. The lowest BCUT2D eigenvalue weighted by Gasteiger charge is -2.02. The van der Waals surface area contributed by atoms with E-state index in [4.69, 9.17) is 5.73 Å². The molecule has 0 saturated heterocycles. The van der Waals surface area contributed by atoms with Crippen molar-refractivity contribution in [3.05, 3.63) is 34.7 Å². The Morgan fingerprint density at radius 3 is 2.46 bits per heavy atom. The number of hydrogen-bond donors (Lipinski definition) is 1. The predicted molar refractivity (Wildman–Crippen MR) is 49.6 cm³/mol. The molecule has 0 radical (unpaired) electrons.